The number of hydrogen-bond acceptors (Lipinski definition) is 5. The van der Waals surface area contributed by atoms with E-state index in [4.69, 9.17) is 4.74 Å². The van der Waals surface area contributed by atoms with Crippen molar-refractivity contribution >= 4 is 28.8 Å². The van der Waals surface area contributed by atoms with Gasteiger partial charge in [-0.2, -0.15) is 0 Å². The molecule has 4 aliphatic carbocycles. The average Bonchev–Trinajstić information content (AvgIpc) is 2.84. The summed E-state index contributed by atoms with van der Waals surface area (Å²) in [4.78, 5) is 16.3. The van der Waals surface area contributed by atoms with Crippen molar-refractivity contribution in [2.75, 3.05) is 17.2 Å². The molecule has 4 fully saturated rings. The molecule has 4 aliphatic rings. The van der Waals surface area contributed by atoms with Crippen LogP contribution in [0.15, 0.2) is 66.7 Å². The van der Waals surface area contributed by atoms with E-state index < -0.39 is 5.97 Å². The molecule has 3 aromatic rings. The summed E-state index contributed by atoms with van der Waals surface area (Å²) < 4.78 is 5.04. The highest BCUT2D eigenvalue weighted by Gasteiger charge is 2.60. The zero-order chi connectivity index (χ0) is 25.7. The third kappa shape index (κ3) is 4.72. The quantitative estimate of drug-likeness (QED) is 0.325. The molecule has 2 atom stereocenters. The van der Waals surface area contributed by atoms with Crippen LogP contribution in [0, 0.1) is 16.7 Å². The number of esters is 1. The highest BCUT2D eigenvalue weighted by atomic mass is 16.5. The van der Waals surface area contributed by atoms with Gasteiger partial charge in [-0.15, -0.1) is 0 Å². The predicted molar refractivity (Wildman–Crippen MR) is 149 cm³/mol. The summed E-state index contributed by atoms with van der Waals surface area (Å²) in [6.07, 6.45) is 8.35. The Labute approximate surface area is 220 Å². The second-order valence-corrected chi connectivity index (χ2v) is 12.4. The molecule has 0 radical (unpaired) electrons. The van der Waals surface area contributed by atoms with Crippen LogP contribution in [-0.4, -0.2) is 17.6 Å². The molecule has 0 aliphatic heterocycles. The number of hydrogen-bond donors (Lipinski definition) is 2. The van der Waals surface area contributed by atoms with Gasteiger partial charge in [0.1, 0.15) is 5.82 Å². The molecule has 4 bridgehead atoms. The maximum absolute atomic E-state index is 12.0. The van der Waals surface area contributed by atoms with Crippen LogP contribution in [0.1, 0.15) is 75.3 Å². The van der Waals surface area contributed by atoms with Gasteiger partial charge in [-0.05, 0) is 122 Å². The van der Waals surface area contributed by atoms with E-state index in [1.165, 1.54) is 44.1 Å². The second kappa shape index (κ2) is 8.90. The first kappa shape index (κ1) is 24.0. The normalized spacial score (nSPS) is 29.6. The lowest BCUT2D eigenvalue weighted by atomic mass is 9.39. The standard InChI is InChI=1S/C32H37N3O2/c1-4-37-29(36)27-6-5-7-28(35-27)34-26-14-12-25(13-15-26)33-24-10-8-23(9-11-24)32-18-22-16-30(2,20-32)19-31(3,17-22)21-32/h5-15,22,33H,4,16-21H2,1-3H3,(H,34,35). The zero-order valence-electron chi connectivity index (χ0n) is 22.1. The molecule has 0 amide bonds. The number of anilines is 4. The third-order valence-electron chi connectivity index (χ3n) is 8.80. The van der Waals surface area contributed by atoms with Gasteiger partial charge in [0.2, 0.25) is 0 Å². The number of carbonyl (C=O) groups excluding carboxylic acids is 1. The third-order valence-corrected chi connectivity index (χ3v) is 8.80. The van der Waals surface area contributed by atoms with Crippen LogP contribution in [0.5, 0.6) is 0 Å². The Morgan fingerprint density at radius 3 is 2.03 bits per heavy atom. The molecular weight excluding hydrogens is 458 g/mol. The summed E-state index contributed by atoms with van der Waals surface area (Å²) in [5, 5.41) is 6.81. The molecule has 0 spiro atoms. The van der Waals surface area contributed by atoms with Crippen molar-refractivity contribution < 1.29 is 9.53 Å². The van der Waals surface area contributed by atoms with Crippen LogP contribution in [-0.2, 0) is 10.2 Å². The highest BCUT2D eigenvalue weighted by Crippen LogP contribution is 2.69. The molecule has 2 N–H and O–H groups in total. The van der Waals surface area contributed by atoms with Crippen molar-refractivity contribution in [3.63, 3.8) is 0 Å². The van der Waals surface area contributed by atoms with Crippen LogP contribution in [0.2, 0.25) is 0 Å². The molecule has 2 unspecified atom stereocenters. The molecule has 1 heterocycles. The Bertz CT molecular complexity index is 1280. The van der Waals surface area contributed by atoms with E-state index in [9.17, 15) is 4.79 Å². The van der Waals surface area contributed by atoms with Gasteiger partial charge in [0, 0.05) is 17.1 Å². The number of aromatic nitrogens is 1. The molecule has 37 heavy (non-hydrogen) atoms. The molecule has 2 aromatic carbocycles. The molecule has 5 nitrogen and oxygen atoms in total. The van der Waals surface area contributed by atoms with E-state index >= 15 is 0 Å². The topological polar surface area (TPSA) is 63.2 Å². The fraction of sp³-hybridized carbons (Fsp3) is 0.438. The number of carbonyl (C=O) groups is 1. The largest absolute Gasteiger partial charge is 0.461 e. The van der Waals surface area contributed by atoms with Gasteiger partial charge in [0.25, 0.3) is 0 Å². The van der Waals surface area contributed by atoms with Gasteiger partial charge in [-0.25, -0.2) is 9.78 Å². The van der Waals surface area contributed by atoms with Crippen molar-refractivity contribution in [3.05, 3.63) is 78.0 Å². The fourth-order valence-electron chi connectivity index (χ4n) is 8.45. The van der Waals surface area contributed by atoms with Gasteiger partial charge < -0.3 is 15.4 Å². The van der Waals surface area contributed by atoms with Crippen molar-refractivity contribution in [2.24, 2.45) is 16.7 Å². The Morgan fingerprint density at radius 1 is 0.838 bits per heavy atom. The molecule has 0 saturated heterocycles. The van der Waals surface area contributed by atoms with Crippen LogP contribution in [0.4, 0.5) is 22.9 Å². The smallest absolute Gasteiger partial charge is 0.356 e. The minimum Gasteiger partial charge on any atom is -0.461 e. The highest BCUT2D eigenvalue weighted by molar-refractivity contribution is 5.87. The molecule has 7 rings (SSSR count). The van der Waals surface area contributed by atoms with Gasteiger partial charge in [-0.3, -0.25) is 0 Å². The first-order chi connectivity index (χ1) is 17.8. The van der Waals surface area contributed by atoms with Gasteiger partial charge >= 0.3 is 5.97 Å². The first-order valence-electron chi connectivity index (χ1n) is 13.6. The number of rotatable bonds is 7. The van der Waals surface area contributed by atoms with Crippen molar-refractivity contribution in [1.82, 2.24) is 4.98 Å². The van der Waals surface area contributed by atoms with Crippen molar-refractivity contribution in [3.8, 4) is 0 Å². The summed E-state index contributed by atoms with van der Waals surface area (Å²) in [6, 6.07) is 22.6. The first-order valence-corrected chi connectivity index (χ1v) is 13.6. The van der Waals surface area contributed by atoms with Gasteiger partial charge in [0.15, 0.2) is 5.69 Å². The zero-order valence-corrected chi connectivity index (χ0v) is 22.1. The molecule has 5 heteroatoms. The monoisotopic (exact) mass is 495 g/mol. The van der Waals surface area contributed by atoms with E-state index in [0.29, 0.717) is 34.4 Å². The van der Waals surface area contributed by atoms with E-state index in [2.05, 4.69) is 53.7 Å². The van der Waals surface area contributed by atoms with Crippen LogP contribution < -0.4 is 10.6 Å². The summed E-state index contributed by atoms with van der Waals surface area (Å²) in [7, 11) is 0. The number of nitrogens with one attached hydrogen (secondary N) is 2. The molecular formula is C32H37N3O2. The van der Waals surface area contributed by atoms with Gasteiger partial charge in [-0.1, -0.05) is 32.0 Å². The molecule has 1 aromatic heterocycles. The van der Waals surface area contributed by atoms with E-state index in [-0.39, 0.29) is 0 Å². The summed E-state index contributed by atoms with van der Waals surface area (Å²) in [5.41, 5.74) is 6.29. The lowest BCUT2D eigenvalue weighted by Gasteiger charge is -2.65. The number of pyridine rings is 1. The predicted octanol–water partition coefficient (Wildman–Crippen LogP) is 7.99. The minimum absolute atomic E-state index is 0.297. The lowest BCUT2D eigenvalue weighted by molar-refractivity contribution is -0.110. The Balaban J connectivity index is 1.12. The van der Waals surface area contributed by atoms with E-state index in [0.717, 1.165) is 23.0 Å². The van der Waals surface area contributed by atoms with E-state index in [1.54, 1.807) is 19.1 Å². The maximum Gasteiger partial charge on any atom is 0.356 e. The van der Waals surface area contributed by atoms with Gasteiger partial charge in [0.05, 0.1) is 6.61 Å². The Kier molecular flexibility index (Phi) is 5.78. The lowest BCUT2D eigenvalue weighted by Crippen LogP contribution is -2.56. The minimum atomic E-state index is -0.414. The number of ether oxygens (including phenoxy) is 1. The van der Waals surface area contributed by atoms with Crippen molar-refractivity contribution in [1.29, 1.82) is 0 Å². The maximum atomic E-state index is 12.0. The Morgan fingerprint density at radius 2 is 1.43 bits per heavy atom. The summed E-state index contributed by atoms with van der Waals surface area (Å²) in [6.45, 7) is 7.21. The second-order valence-electron chi connectivity index (χ2n) is 12.4. The fourth-order valence-corrected chi connectivity index (χ4v) is 8.45. The van der Waals surface area contributed by atoms with Crippen LogP contribution in [0.3, 0.4) is 0 Å². The Hall–Kier alpha value is -3.34. The van der Waals surface area contributed by atoms with Crippen LogP contribution in [0.25, 0.3) is 0 Å². The summed E-state index contributed by atoms with van der Waals surface area (Å²) in [5.74, 6) is 1.09. The molecule has 192 valence electrons. The van der Waals surface area contributed by atoms with Crippen LogP contribution >= 0.6 is 0 Å². The SMILES string of the molecule is CCOC(=O)c1cccc(Nc2ccc(Nc3ccc(C45CC6CC(C)(CC(C)(C6)C4)C5)cc3)cc2)n1. The van der Waals surface area contributed by atoms with Crippen molar-refractivity contribution in [2.45, 2.75) is 64.7 Å². The summed E-state index contributed by atoms with van der Waals surface area (Å²) >= 11 is 0. The average molecular weight is 496 g/mol. The number of nitrogens with zero attached hydrogens (tertiary/aromatic N) is 1. The van der Waals surface area contributed by atoms with E-state index in [1.807, 2.05) is 30.3 Å². The number of benzene rings is 2. The molecule has 4 saturated carbocycles.